The van der Waals surface area contributed by atoms with Crippen LogP contribution in [0.3, 0.4) is 0 Å². The van der Waals surface area contributed by atoms with Gasteiger partial charge in [-0.1, -0.05) is 43.4 Å². The summed E-state index contributed by atoms with van der Waals surface area (Å²) in [5, 5.41) is 3.66. The van der Waals surface area contributed by atoms with Gasteiger partial charge < -0.3 is 10.1 Å². The molecule has 36 heavy (non-hydrogen) atoms. The molecule has 0 radical (unpaired) electrons. The first-order valence-corrected chi connectivity index (χ1v) is 12.9. The summed E-state index contributed by atoms with van der Waals surface area (Å²) in [7, 11) is 0. The quantitative estimate of drug-likeness (QED) is 0.573. The van der Waals surface area contributed by atoms with Gasteiger partial charge in [0.25, 0.3) is 0 Å². The van der Waals surface area contributed by atoms with Crippen molar-refractivity contribution in [1.29, 1.82) is 0 Å². The molecule has 3 aliphatic rings. The first-order chi connectivity index (χ1) is 17.6. The number of aliphatic imine (C=N–C) groups is 1. The van der Waals surface area contributed by atoms with E-state index in [0.717, 1.165) is 62.5 Å². The van der Waals surface area contributed by atoms with Crippen molar-refractivity contribution in [3.63, 3.8) is 0 Å². The van der Waals surface area contributed by atoms with Crippen LogP contribution in [0.4, 0.5) is 14.9 Å². The van der Waals surface area contributed by atoms with Gasteiger partial charge in [-0.15, -0.1) is 6.42 Å². The fourth-order valence-electron chi connectivity index (χ4n) is 5.78. The van der Waals surface area contributed by atoms with Crippen molar-refractivity contribution in [2.75, 3.05) is 24.6 Å². The van der Waals surface area contributed by atoms with E-state index in [1.54, 1.807) is 17.0 Å². The van der Waals surface area contributed by atoms with Crippen molar-refractivity contribution in [2.24, 2.45) is 4.99 Å². The number of benzene rings is 2. The summed E-state index contributed by atoms with van der Waals surface area (Å²) in [5.41, 5.74) is 1.13. The lowest BCUT2D eigenvalue weighted by Gasteiger charge is -2.45. The Labute approximate surface area is 212 Å². The average Bonchev–Trinajstić information content (AvgIpc) is 3.15. The molecule has 6 nitrogen and oxygen atoms in total. The monoisotopic (exact) mass is 488 g/mol. The third kappa shape index (κ3) is 5.10. The van der Waals surface area contributed by atoms with Gasteiger partial charge in [0.1, 0.15) is 29.5 Å². The predicted molar refractivity (Wildman–Crippen MR) is 140 cm³/mol. The molecule has 2 heterocycles. The number of nitrogens with one attached hydrogen (secondary N) is 1. The second-order valence-corrected chi connectivity index (χ2v) is 9.99. The molecule has 1 saturated carbocycles. The Hall–Kier alpha value is -3.37. The van der Waals surface area contributed by atoms with E-state index in [1.807, 2.05) is 18.2 Å². The molecule has 2 fully saturated rings. The SMILES string of the molecule is C#CCOc1cccc(CN2CCC3(CC2)C(NC2CCCCC2)=NC(=O)N3c2cccc(F)c2)c1. The summed E-state index contributed by atoms with van der Waals surface area (Å²) in [6, 6.07) is 14.3. The number of urea groups is 1. The number of ether oxygens (including phenoxy) is 1. The normalized spacial score (nSPS) is 20.3. The minimum atomic E-state index is -0.587. The van der Waals surface area contributed by atoms with Crippen molar-refractivity contribution >= 4 is 17.6 Å². The molecule has 0 unspecified atom stereocenters. The predicted octanol–water partition coefficient (Wildman–Crippen LogP) is 5.13. The number of piperidine rings is 1. The maximum absolute atomic E-state index is 14.2. The molecule has 2 aliphatic heterocycles. The molecule has 1 spiro atoms. The van der Waals surface area contributed by atoms with Gasteiger partial charge in [-0.2, -0.15) is 4.99 Å². The Balaban J connectivity index is 1.35. The van der Waals surface area contributed by atoms with E-state index in [4.69, 9.17) is 11.2 Å². The standard InChI is InChI=1S/C29H33FN4O2/c1-2-18-36-26-13-6-8-22(19-26)21-33-16-14-29(15-17-33)27(31-24-10-4-3-5-11-24)32-28(35)34(29)25-12-7-9-23(30)20-25/h1,6-9,12-13,19-20,24H,3-5,10-11,14-18,21H2,(H,31,32,35). The van der Waals surface area contributed by atoms with Crippen LogP contribution in [0.2, 0.25) is 0 Å². The lowest BCUT2D eigenvalue weighted by molar-refractivity contribution is 0.181. The molecule has 5 rings (SSSR count). The first kappa shape index (κ1) is 24.3. The van der Waals surface area contributed by atoms with Crippen LogP contribution >= 0.6 is 0 Å². The van der Waals surface area contributed by atoms with Gasteiger partial charge in [0.2, 0.25) is 0 Å². The van der Waals surface area contributed by atoms with Gasteiger partial charge in [0.15, 0.2) is 0 Å². The summed E-state index contributed by atoms with van der Waals surface area (Å²) >= 11 is 0. The Bertz CT molecular complexity index is 1160. The summed E-state index contributed by atoms with van der Waals surface area (Å²) < 4.78 is 19.7. The highest BCUT2D eigenvalue weighted by atomic mass is 19.1. The topological polar surface area (TPSA) is 57.2 Å². The summed E-state index contributed by atoms with van der Waals surface area (Å²) in [4.78, 5) is 21.9. The molecule has 7 heteroatoms. The largest absolute Gasteiger partial charge is 0.481 e. The maximum Gasteiger partial charge on any atom is 0.350 e. The molecule has 0 bridgehead atoms. The van der Waals surface area contributed by atoms with Gasteiger partial charge in [-0.25, -0.2) is 9.18 Å². The van der Waals surface area contributed by atoms with Gasteiger partial charge in [-0.05, 0) is 61.6 Å². The highest BCUT2D eigenvalue weighted by molar-refractivity contribution is 6.16. The number of amidine groups is 1. The number of likely N-dealkylation sites (tertiary alicyclic amines) is 1. The van der Waals surface area contributed by atoms with E-state index in [-0.39, 0.29) is 18.5 Å². The molecule has 1 saturated heterocycles. The van der Waals surface area contributed by atoms with Crippen molar-refractivity contribution in [3.05, 3.63) is 59.9 Å². The van der Waals surface area contributed by atoms with Crippen molar-refractivity contribution in [3.8, 4) is 18.1 Å². The Morgan fingerprint density at radius 3 is 2.64 bits per heavy atom. The lowest BCUT2D eigenvalue weighted by atomic mass is 9.83. The minimum absolute atomic E-state index is 0.246. The van der Waals surface area contributed by atoms with Crippen LogP contribution in [0, 0.1) is 18.2 Å². The van der Waals surface area contributed by atoms with Crippen LogP contribution in [0.1, 0.15) is 50.5 Å². The number of halogens is 1. The number of hydrogen-bond acceptors (Lipinski definition) is 4. The fraction of sp³-hybridized carbons (Fsp3) is 0.448. The zero-order valence-corrected chi connectivity index (χ0v) is 20.6. The summed E-state index contributed by atoms with van der Waals surface area (Å²) in [6.07, 6.45) is 12.6. The fourth-order valence-corrected chi connectivity index (χ4v) is 5.78. The number of nitrogens with zero attached hydrogens (tertiary/aromatic N) is 3. The van der Waals surface area contributed by atoms with E-state index in [9.17, 15) is 9.18 Å². The van der Waals surface area contributed by atoms with Crippen LogP contribution in [-0.2, 0) is 6.54 Å². The maximum atomic E-state index is 14.2. The summed E-state index contributed by atoms with van der Waals surface area (Å²) in [6.45, 7) is 2.61. The lowest BCUT2D eigenvalue weighted by Crippen LogP contribution is -2.62. The second-order valence-electron chi connectivity index (χ2n) is 9.99. The number of carbonyl (C=O) groups is 1. The van der Waals surface area contributed by atoms with Crippen LogP contribution in [-0.4, -0.2) is 48.0 Å². The van der Waals surface area contributed by atoms with E-state index in [1.165, 1.54) is 31.4 Å². The molecule has 2 aromatic carbocycles. The van der Waals surface area contributed by atoms with E-state index in [2.05, 4.69) is 27.2 Å². The Morgan fingerprint density at radius 2 is 1.89 bits per heavy atom. The van der Waals surface area contributed by atoms with Crippen LogP contribution < -0.4 is 15.0 Å². The van der Waals surface area contributed by atoms with Crippen LogP contribution in [0.5, 0.6) is 5.75 Å². The molecule has 188 valence electrons. The smallest absolute Gasteiger partial charge is 0.350 e. The number of terminal acetylenes is 1. The number of rotatable bonds is 6. The Kier molecular flexibility index (Phi) is 7.24. The molecule has 1 aliphatic carbocycles. The number of amides is 2. The minimum Gasteiger partial charge on any atom is -0.481 e. The highest BCUT2D eigenvalue weighted by Crippen LogP contribution is 2.39. The number of carbonyl (C=O) groups excluding carboxylic acids is 1. The van der Waals surface area contributed by atoms with Crippen LogP contribution in [0.25, 0.3) is 0 Å². The van der Waals surface area contributed by atoms with E-state index < -0.39 is 5.54 Å². The highest BCUT2D eigenvalue weighted by Gasteiger charge is 2.52. The van der Waals surface area contributed by atoms with E-state index in [0.29, 0.717) is 11.7 Å². The van der Waals surface area contributed by atoms with Gasteiger partial charge >= 0.3 is 6.03 Å². The molecule has 2 amide bonds. The summed E-state index contributed by atoms with van der Waals surface area (Å²) in [5.74, 6) is 3.67. The third-order valence-electron chi connectivity index (χ3n) is 7.59. The third-order valence-corrected chi connectivity index (χ3v) is 7.59. The van der Waals surface area contributed by atoms with Crippen molar-refractivity contribution in [2.45, 2.75) is 63.1 Å². The van der Waals surface area contributed by atoms with Gasteiger partial charge in [-0.3, -0.25) is 9.80 Å². The van der Waals surface area contributed by atoms with Crippen molar-refractivity contribution in [1.82, 2.24) is 10.2 Å². The van der Waals surface area contributed by atoms with Gasteiger partial charge in [0.05, 0.1) is 0 Å². The Morgan fingerprint density at radius 1 is 1.11 bits per heavy atom. The molecule has 2 aromatic rings. The first-order valence-electron chi connectivity index (χ1n) is 12.9. The molecular formula is C29H33FN4O2. The number of anilines is 1. The van der Waals surface area contributed by atoms with E-state index >= 15 is 0 Å². The average molecular weight is 489 g/mol. The zero-order valence-electron chi connectivity index (χ0n) is 20.6. The van der Waals surface area contributed by atoms with Gasteiger partial charge in [0, 0.05) is 31.4 Å². The number of hydrogen-bond donors (Lipinski definition) is 1. The molecule has 0 aromatic heterocycles. The molecule has 1 N–H and O–H groups in total. The zero-order chi connectivity index (χ0) is 25.0. The second kappa shape index (κ2) is 10.7. The molecule has 0 atom stereocenters. The molecular weight excluding hydrogens is 455 g/mol. The van der Waals surface area contributed by atoms with Crippen molar-refractivity contribution < 1.29 is 13.9 Å². The van der Waals surface area contributed by atoms with Crippen LogP contribution in [0.15, 0.2) is 53.5 Å².